The van der Waals surface area contributed by atoms with Gasteiger partial charge in [0.1, 0.15) is 5.75 Å². The van der Waals surface area contributed by atoms with Crippen LogP contribution in [-0.2, 0) is 16.1 Å². The molecule has 1 aliphatic rings. The fraction of sp³-hybridized carbons (Fsp3) is 0.579. The standard InChI is InChI=1S/C19H30N4O3.HI/c1-20-19(21-10-3-11-26-14-16-4-5-16)23-13-18(24)22-12-15-6-8-17(25-2)9-7-15;/h6-9,16H,3-5,10-14H2,1-2H3,(H,22,24)(H2,20,21,23);1H. The second-order valence-electron chi connectivity index (χ2n) is 6.35. The van der Waals surface area contributed by atoms with E-state index in [1.54, 1.807) is 14.2 Å². The van der Waals surface area contributed by atoms with E-state index in [-0.39, 0.29) is 36.4 Å². The SMILES string of the molecule is CN=C(NCCCOCC1CC1)NCC(=O)NCc1ccc(OC)cc1.I. The van der Waals surface area contributed by atoms with Crippen molar-refractivity contribution in [3.05, 3.63) is 29.8 Å². The van der Waals surface area contributed by atoms with Crippen molar-refractivity contribution in [1.29, 1.82) is 0 Å². The molecule has 0 unspecified atom stereocenters. The number of nitrogens with one attached hydrogen (secondary N) is 3. The summed E-state index contributed by atoms with van der Waals surface area (Å²) in [6.45, 7) is 3.06. The van der Waals surface area contributed by atoms with Crippen LogP contribution in [0.1, 0.15) is 24.8 Å². The zero-order chi connectivity index (χ0) is 18.6. The first-order valence-electron chi connectivity index (χ1n) is 9.13. The number of halogens is 1. The summed E-state index contributed by atoms with van der Waals surface area (Å²) in [7, 11) is 3.32. The Morgan fingerprint density at radius 2 is 1.93 bits per heavy atom. The highest BCUT2D eigenvalue weighted by molar-refractivity contribution is 14.0. The minimum Gasteiger partial charge on any atom is -0.497 e. The van der Waals surface area contributed by atoms with Crippen molar-refractivity contribution < 1.29 is 14.3 Å². The van der Waals surface area contributed by atoms with Gasteiger partial charge in [-0.3, -0.25) is 9.79 Å². The van der Waals surface area contributed by atoms with Crippen LogP contribution < -0.4 is 20.7 Å². The Hall–Kier alpha value is -1.55. The molecule has 0 heterocycles. The van der Waals surface area contributed by atoms with Gasteiger partial charge in [-0.15, -0.1) is 24.0 Å². The predicted molar refractivity (Wildman–Crippen MR) is 118 cm³/mol. The molecule has 1 aromatic carbocycles. The van der Waals surface area contributed by atoms with E-state index in [0.717, 1.165) is 43.4 Å². The molecule has 3 N–H and O–H groups in total. The molecular weight excluding hydrogens is 459 g/mol. The third-order valence-electron chi connectivity index (χ3n) is 4.10. The number of carbonyl (C=O) groups excluding carboxylic acids is 1. The van der Waals surface area contributed by atoms with Gasteiger partial charge in [-0.25, -0.2) is 0 Å². The summed E-state index contributed by atoms with van der Waals surface area (Å²) in [5, 5.41) is 9.06. The topological polar surface area (TPSA) is 84.0 Å². The van der Waals surface area contributed by atoms with Crippen molar-refractivity contribution in [3.63, 3.8) is 0 Å². The molecule has 2 rings (SSSR count). The van der Waals surface area contributed by atoms with Gasteiger partial charge in [-0.05, 0) is 42.9 Å². The van der Waals surface area contributed by atoms with E-state index >= 15 is 0 Å². The van der Waals surface area contributed by atoms with Gasteiger partial charge in [0.25, 0.3) is 0 Å². The summed E-state index contributed by atoms with van der Waals surface area (Å²) in [5.41, 5.74) is 1.02. The number of hydrogen-bond acceptors (Lipinski definition) is 4. The Labute approximate surface area is 178 Å². The van der Waals surface area contributed by atoms with Gasteiger partial charge in [-0.1, -0.05) is 12.1 Å². The second-order valence-corrected chi connectivity index (χ2v) is 6.35. The second kappa shape index (κ2) is 13.6. The molecule has 1 amide bonds. The van der Waals surface area contributed by atoms with E-state index in [9.17, 15) is 4.79 Å². The molecule has 7 nitrogen and oxygen atoms in total. The lowest BCUT2D eigenvalue weighted by atomic mass is 10.2. The van der Waals surface area contributed by atoms with Gasteiger partial charge >= 0.3 is 0 Å². The van der Waals surface area contributed by atoms with Crippen LogP contribution in [-0.4, -0.2) is 52.3 Å². The normalized spacial score (nSPS) is 13.5. The predicted octanol–water partition coefficient (Wildman–Crippen LogP) is 1.91. The van der Waals surface area contributed by atoms with Crippen LogP contribution in [0.4, 0.5) is 0 Å². The highest BCUT2D eigenvalue weighted by Gasteiger charge is 2.20. The average molecular weight is 490 g/mol. The van der Waals surface area contributed by atoms with Crippen LogP contribution in [0, 0.1) is 5.92 Å². The lowest BCUT2D eigenvalue weighted by Gasteiger charge is -2.12. The zero-order valence-corrected chi connectivity index (χ0v) is 18.5. The Morgan fingerprint density at radius 1 is 1.19 bits per heavy atom. The molecule has 0 bridgehead atoms. The minimum absolute atomic E-state index is 0. The summed E-state index contributed by atoms with van der Waals surface area (Å²) in [6.07, 6.45) is 3.54. The Kier molecular flexibility index (Phi) is 11.8. The van der Waals surface area contributed by atoms with Crippen LogP contribution >= 0.6 is 24.0 Å². The Bertz CT molecular complexity index is 577. The summed E-state index contributed by atoms with van der Waals surface area (Å²) in [6, 6.07) is 7.61. The fourth-order valence-electron chi connectivity index (χ4n) is 2.31. The summed E-state index contributed by atoms with van der Waals surface area (Å²) in [4.78, 5) is 16.1. The number of amides is 1. The maximum atomic E-state index is 11.9. The van der Waals surface area contributed by atoms with Crippen LogP contribution in [0.25, 0.3) is 0 Å². The summed E-state index contributed by atoms with van der Waals surface area (Å²) in [5.74, 6) is 2.13. The maximum Gasteiger partial charge on any atom is 0.239 e. The molecular formula is C19H31IN4O3. The molecule has 1 aromatic rings. The van der Waals surface area contributed by atoms with Gasteiger partial charge in [0.05, 0.1) is 13.7 Å². The number of methoxy groups -OCH3 is 1. The van der Waals surface area contributed by atoms with Crippen LogP contribution in [0.3, 0.4) is 0 Å². The van der Waals surface area contributed by atoms with E-state index in [2.05, 4.69) is 20.9 Å². The molecule has 27 heavy (non-hydrogen) atoms. The number of guanidine groups is 1. The lowest BCUT2D eigenvalue weighted by molar-refractivity contribution is -0.120. The first kappa shape index (κ1) is 23.5. The molecule has 1 aliphatic carbocycles. The molecule has 0 atom stereocenters. The number of carbonyl (C=O) groups is 1. The quantitative estimate of drug-likeness (QED) is 0.191. The van der Waals surface area contributed by atoms with E-state index < -0.39 is 0 Å². The van der Waals surface area contributed by atoms with Crippen LogP contribution in [0.5, 0.6) is 5.75 Å². The lowest BCUT2D eigenvalue weighted by Crippen LogP contribution is -2.43. The molecule has 8 heteroatoms. The van der Waals surface area contributed by atoms with Crippen molar-refractivity contribution >= 4 is 35.8 Å². The van der Waals surface area contributed by atoms with E-state index in [4.69, 9.17) is 9.47 Å². The third kappa shape index (κ3) is 10.4. The zero-order valence-electron chi connectivity index (χ0n) is 16.1. The Morgan fingerprint density at radius 3 is 2.56 bits per heavy atom. The van der Waals surface area contributed by atoms with Crippen molar-refractivity contribution in [2.24, 2.45) is 10.9 Å². The third-order valence-corrected chi connectivity index (χ3v) is 4.10. The minimum atomic E-state index is -0.0865. The first-order valence-corrected chi connectivity index (χ1v) is 9.13. The van der Waals surface area contributed by atoms with Gasteiger partial charge < -0.3 is 25.4 Å². The van der Waals surface area contributed by atoms with Crippen LogP contribution in [0.2, 0.25) is 0 Å². The highest BCUT2D eigenvalue weighted by Crippen LogP contribution is 2.28. The number of hydrogen-bond donors (Lipinski definition) is 3. The van der Waals surface area contributed by atoms with Gasteiger partial charge in [0.15, 0.2) is 5.96 Å². The van der Waals surface area contributed by atoms with Crippen molar-refractivity contribution in [3.8, 4) is 5.75 Å². The number of rotatable bonds is 11. The van der Waals surface area contributed by atoms with E-state index in [1.807, 2.05) is 24.3 Å². The molecule has 1 fully saturated rings. The molecule has 0 aliphatic heterocycles. The molecule has 0 aromatic heterocycles. The molecule has 0 saturated heterocycles. The average Bonchev–Trinajstić information content (AvgIpc) is 3.50. The van der Waals surface area contributed by atoms with E-state index in [0.29, 0.717) is 12.5 Å². The largest absolute Gasteiger partial charge is 0.497 e. The van der Waals surface area contributed by atoms with Gasteiger partial charge in [-0.2, -0.15) is 0 Å². The first-order chi connectivity index (χ1) is 12.7. The number of aliphatic imine (C=N–C) groups is 1. The van der Waals surface area contributed by atoms with Crippen molar-refractivity contribution in [2.45, 2.75) is 25.8 Å². The van der Waals surface area contributed by atoms with E-state index in [1.165, 1.54) is 12.8 Å². The van der Waals surface area contributed by atoms with Crippen molar-refractivity contribution in [1.82, 2.24) is 16.0 Å². The van der Waals surface area contributed by atoms with Gasteiger partial charge in [0.2, 0.25) is 5.91 Å². The monoisotopic (exact) mass is 490 g/mol. The molecule has 0 spiro atoms. The maximum absolute atomic E-state index is 11.9. The Balaban J connectivity index is 0.00000364. The highest BCUT2D eigenvalue weighted by atomic mass is 127. The molecule has 1 saturated carbocycles. The molecule has 152 valence electrons. The molecule has 0 radical (unpaired) electrons. The number of ether oxygens (including phenoxy) is 2. The summed E-state index contributed by atoms with van der Waals surface area (Å²) < 4.78 is 10.7. The summed E-state index contributed by atoms with van der Waals surface area (Å²) >= 11 is 0. The van der Waals surface area contributed by atoms with Gasteiger partial charge in [0, 0.05) is 33.4 Å². The number of nitrogens with zero attached hydrogens (tertiary/aromatic N) is 1. The van der Waals surface area contributed by atoms with Crippen molar-refractivity contribution in [2.75, 3.05) is 40.5 Å². The fourth-order valence-corrected chi connectivity index (χ4v) is 2.31. The number of benzene rings is 1. The smallest absolute Gasteiger partial charge is 0.239 e. The van der Waals surface area contributed by atoms with Crippen LogP contribution in [0.15, 0.2) is 29.3 Å².